The van der Waals surface area contributed by atoms with Gasteiger partial charge in [-0.2, -0.15) is 17.7 Å². The summed E-state index contributed by atoms with van der Waals surface area (Å²) < 4.78 is 39.5. The number of nitrogens with zero attached hydrogens (tertiary/aromatic N) is 2. The Balaban J connectivity index is 0.000000646. The standard InChI is InChI=1S/C28H27N3O5.C2HF3O2/c1-5-31(28(34)35)26(32)19-12-16(2)25(17(3)13-19)36-27(33)24-20-8-6-7-9-22(20)30(4)23-14-18(15-29)10-11-21(23)24;3-2(4,5)1(6)7/h6-14H,5,15,29H2,1-4H3;(H,6,7). The first kappa shape index (κ1) is 32.5. The summed E-state index contributed by atoms with van der Waals surface area (Å²) >= 11 is 0. The van der Waals surface area contributed by atoms with Gasteiger partial charge in [0.15, 0.2) is 0 Å². The van der Waals surface area contributed by atoms with Gasteiger partial charge in [-0.05, 0) is 61.7 Å². The van der Waals surface area contributed by atoms with E-state index in [2.05, 4.69) is 0 Å². The van der Waals surface area contributed by atoms with Gasteiger partial charge in [0.2, 0.25) is 11.0 Å². The number of para-hydroxylation sites is 1. The number of aromatic nitrogens is 1. The highest BCUT2D eigenvalue weighted by Crippen LogP contribution is 2.30. The molecule has 0 spiro atoms. The highest BCUT2D eigenvalue weighted by atomic mass is 19.4. The lowest BCUT2D eigenvalue weighted by molar-refractivity contribution is -0.617. The summed E-state index contributed by atoms with van der Waals surface area (Å²) in [5.74, 6) is -3.83. The highest BCUT2D eigenvalue weighted by molar-refractivity contribution is 6.13. The fraction of sp³-hybridized carbons (Fsp3) is 0.233. The van der Waals surface area contributed by atoms with E-state index in [9.17, 15) is 32.7 Å². The van der Waals surface area contributed by atoms with Crippen LogP contribution in [0.25, 0.3) is 21.8 Å². The number of esters is 1. The average molecular weight is 600 g/mol. The predicted octanol–water partition coefficient (Wildman–Crippen LogP) is 3.55. The zero-order chi connectivity index (χ0) is 32.2. The molecule has 0 unspecified atom stereocenters. The number of carboxylic acids is 1. The number of nitrogens with two attached hydrogens (primary N) is 1. The molecule has 13 heteroatoms. The average Bonchev–Trinajstić information content (AvgIpc) is 2.94. The number of rotatable bonds is 5. The third-order valence-electron chi connectivity index (χ3n) is 6.59. The lowest BCUT2D eigenvalue weighted by Crippen LogP contribution is -2.37. The molecule has 0 saturated carbocycles. The highest BCUT2D eigenvalue weighted by Gasteiger charge is 2.29. The Morgan fingerprint density at radius 1 is 0.977 bits per heavy atom. The van der Waals surface area contributed by atoms with Crippen LogP contribution in [0.1, 0.15) is 44.3 Å². The topological polar surface area (TPSA) is 154 Å². The van der Waals surface area contributed by atoms with Crippen LogP contribution in [0.5, 0.6) is 5.75 Å². The van der Waals surface area contributed by atoms with Gasteiger partial charge in [-0.1, -0.05) is 18.2 Å². The van der Waals surface area contributed by atoms with Crippen molar-refractivity contribution < 1.29 is 51.9 Å². The number of hydrogen-bond donors (Lipinski definition) is 2. The third kappa shape index (κ3) is 6.89. The van der Waals surface area contributed by atoms with E-state index in [0.29, 0.717) is 29.0 Å². The minimum Gasteiger partial charge on any atom is -0.542 e. The van der Waals surface area contributed by atoms with Gasteiger partial charge in [0.05, 0.1) is 16.3 Å². The molecular formula is C30H28F3N3O7. The van der Waals surface area contributed by atoms with E-state index in [4.69, 9.17) is 20.4 Å². The number of amides is 2. The van der Waals surface area contributed by atoms with Crippen LogP contribution < -0.4 is 20.1 Å². The molecule has 4 aromatic rings. The van der Waals surface area contributed by atoms with Crippen LogP contribution in [-0.4, -0.2) is 46.7 Å². The molecule has 0 aliphatic heterocycles. The molecule has 3 aromatic carbocycles. The molecule has 0 bridgehead atoms. The summed E-state index contributed by atoms with van der Waals surface area (Å²) in [5.41, 5.74) is 10.3. The van der Waals surface area contributed by atoms with Crippen molar-refractivity contribution in [3.63, 3.8) is 0 Å². The molecule has 2 amide bonds. The molecule has 0 aliphatic rings. The zero-order valence-electron chi connectivity index (χ0n) is 23.6. The maximum atomic E-state index is 13.7. The number of imide groups is 1. The molecule has 43 heavy (non-hydrogen) atoms. The van der Waals surface area contributed by atoms with E-state index in [1.54, 1.807) is 20.8 Å². The van der Waals surface area contributed by atoms with Crippen LogP contribution in [0.2, 0.25) is 0 Å². The van der Waals surface area contributed by atoms with Crippen molar-refractivity contribution in [1.29, 1.82) is 0 Å². The molecule has 0 atom stereocenters. The van der Waals surface area contributed by atoms with Gasteiger partial charge in [0.1, 0.15) is 18.8 Å². The van der Waals surface area contributed by atoms with E-state index >= 15 is 0 Å². The van der Waals surface area contributed by atoms with E-state index in [0.717, 1.165) is 32.3 Å². The molecule has 1 heterocycles. The summed E-state index contributed by atoms with van der Waals surface area (Å²) in [6.07, 6.45) is -6.51. The number of halogens is 3. The lowest BCUT2D eigenvalue weighted by Gasteiger charge is -2.17. The van der Waals surface area contributed by atoms with E-state index in [-0.39, 0.29) is 12.1 Å². The van der Waals surface area contributed by atoms with E-state index in [1.807, 2.05) is 54.1 Å². The number of carboxylic acid groups (broad SMARTS) is 2. The minimum absolute atomic E-state index is 0.0282. The minimum atomic E-state index is -5.19. The fourth-order valence-electron chi connectivity index (χ4n) is 4.57. The first-order chi connectivity index (χ1) is 20.1. The number of aliphatic carboxylic acids is 1. The Labute approximate surface area is 243 Å². The smallest absolute Gasteiger partial charge is 0.430 e. The van der Waals surface area contributed by atoms with Gasteiger partial charge < -0.3 is 25.5 Å². The molecule has 3 N–H and O–H groups in total. The van der Waals surface area contributed by atoms with Gasteiger partial charge in [0, 0.05) is 30.8 Å². The number of alkyl halides is 3. The van der Waals surface area contributed by atoms with Crippen molar-refractivity contribution in [2.45, 2.75) is 33.5 Å². The normalized spacial score (nSPS) is 11.1. The SMILES string of the molecule is CCN(C(=O)O)C(=O)c1cc(C)c(OC(=O)c2c3ccccc3[n+](C)c3cc(CN)ccc23)c(C)c1.O=C([O-])C(F)(F)F. The number of hydrogen-bond acceptors (Lipinski definition) is 7. The van der Waals surface area contributed by atoms with Crippen molar-refractivity contribution >= 4 is 45.7 Å². The maximum Gasteiger partial charge on any atom is 0.430 e. The first-order valence-corrected chi connectivity index (χ1v) is 12.8. The number of aryl methyl sites for hydroxylation is 3. The van der Waals surface area contributed by atoms with Crippen LogP contribution in [0.15, 0.2) is 54.6 Å². The largest absolute Gasteiger partial charge is 0.542 e. The van der Waals surface area contributed by atoms with Crippen molar-refractivity contribution in [2.24, 2.45) is 12.8 Å². The van der Waals surface area contributed by atoms with Crippen LogP contribution in [0.3, 0.4) is 0 Å². The first-order valence-electron chi connectivity index (χ1n) is 12.8. The fourth-order valence-corrected chi connectivity index (χ4v) is 4.57. The molecular weight excluding hydrogens is 571 g/mol. The summed E-state index contributed by atoms with van der Waals surface area (Å²) in [4.78, 5) is 47.3. The van der Waals surface area contributed by atoms with Crippen LogP contribution >= 0.6 is 0 Å². The number of ether oxygens (including phenoxy) is 1. The lowest BCUT2D eigenvalue weighted by atomic mass is 10.00. The second kappa shape index (κ2) is 12.9. The quantitative estimate of drug-likeness (QED) is 0.153. The molecule has 10 nitrogen and oxygen atoms in total. The molecule has 4 rings (SSSR count). The number of benzene rings is 3. The Kier molecular flexibility index (Phi) is 9.71. The summed E-state index contributed by atoms with van der Waals surface area (Å²) in [6.45, 7) is 5.44. The Morgan fingerprint density at radius 3 is 2.05 bits per heavy atom. The van der Waals surface area contributed by atoms with Crippen LogP contribution in [0, 0.1) is 13.8 Å². The molecule has 0 fully saturated rings. The Hall–Kier alpha value is -5.04. The van der Waals surface area contributed by atoms with Gasteiger partial charge in [-0.3, -0.25) is 4.79 Å². The van der Waals surface area contributed by atoms with Gasteiger partial charge in [-0.25, -0.2) is 14.5 Å². The van der Waals surface area contributed by atoms with Crippen molar-refractivity contribution in [2.75, 3.05) is 6.54 Å². The number of pyridine rings is 1. The number of fused-ring (bicyclic) bond motifs is 2. The summed E-state index contributed by atoms with van der Waals surface area (Å²) in [7, 11) is 1.95. The van der Waals surface area contributed by atoms with Gasteiger partial charge >= 0.3 is 18.2 Å². The predicted molar refractivity (Wildman–Crippen MR) is 147 cm³/mol. The van der Waals surface area contributed by atoms with Gasteiger partial charge in [0.25, 0.3) is 5.91 Å². The third-order valence-corrected chi connectivity index (χ3v) is 6.59. The van der Waals surface area contributed by atoms with Crippen LogP contribution in [0.4, 0.5) is 18.0 Å². The maximum absolute atomic E-state index is 13.7. The van der Waals surface area contributed by atoms with E-state index in [1.165, 1.54) is 12.1 Å². The molecule has 0 saturated heterocycles. The van der Waals surface area contributed by atoms with Gasteiger partial charge in [-0.15, -0.1) is 0 Å². The second-order valence-electron chi connectivity index (χ2n) is 9.45. The molecule has 0 aliphatic carbocycles. The van der Waals surface area contributed by atoms with Crippen molar-refractivity contribution in [3.05, 3.63) is 82.4 Å². The molecule has 226 valence electrons. The molecule has 0 radical (unpaired) electrons. The van der Waals surface area contributed by atoms with Crippen molar-refractivity contribution in [1.82, 2.24) is 4.90 Å². The van der Waals surface area contributed by atoms with Crippen molar-refractivity contribution in [3.8, 4) is 5.75 Å². The summed E-state index contributed by atoms with van der Waals surface area (Å²) in [5, 5.41) is 19.6. The number of carbonyl (C=O) groups excluding carboxylic acids is 3. The Morgan fingerprint density at radius 2 is 1.53 bits per heavy atom. The Bertz CT molecular complexity index is 1730. The summed E-state index contributed by atoms with van der Waals surface area (Å²) in [6, 6.07) is 16.4. The monoisotopic (exact) mass is 599 g/mol. The zero-order valence-corrected chi connectivity index (χ0v) is 23.6. The number of carbonyl (C=O) groups is 4. The molecule has 1 aromatic heterocycles. The van der Waals surface area contributed by atoms with Crippen LogP contribution in [-0.2, 0) is 18.4 Å². The second-order valence-corrected chi connectivity index (χ2v) is 9.45. The van der Waals surface area contributed by atoms with E-state index < -0.39 is 30.1 Å².